The summed E-state index contributed by atoms with van der Waals surface area (Å²) in [5.41, 5.74) is 17.4. The number of rotatable bonds is 6. The zero-order chi connectivity index (χ0) is 35.7. The van der Waals surface area contributed by atoms with Crippen molar-refractivity contribution in [1.82, 2.24) is 9.13 Å². The molecular weight excluding hydrogens is 819 g/mol. The quantitative estimate of drug-likeness (QED) is 0.147. The number of halogens is 2. The van der Waals surface area contributed by atoms with Gasteiger partial charge >= 0.3 is 327 Å². The first-order valence-electron chi connectivity index (χ1n) is 20.0. The van der Waals surface area contributed by atoms with Gasteiger partial charge in [-0.1, -0.05) is 0 Å². The van der Waals surface area contributed by atoms with Gasteiger partial charge in [0.1, 0.15) is 0 Å². The van der Waals surface area contributed by atoms with Crippen LogP contribution in [-0.2, 0) is 20.4 Å². The normalized spacial score (nSPS) is 18.4. The van der Waals surface area contributed by atoms with Gasteiger partial charge < -0.3 is 0 Å². The van der Waals surface area contributed by atoms with E-state index in [0.29, 0.717) is 7.25 Å². The van der Waals surface area contributed by atoms with Gasteiger partial charge in [0.15, 0.2) is 0 Å². The Bertz CT molecular complexity index is 2700. The zero-order valence-electron chi connectivity index (χ0n) is 31.7. The van der Waals surface area contributed by atoms with Crippen LogP contribution in [0.15, 0.2) is 145 Å². The Morgan fingerprint density at radius 1 is 0.446 bits per heavy atom. The third-order valence-corrected chi connectivity index (χ3v) is 32.4. The molecule has 12 rings (SSSR count). The number of fused-ring (bicyclic) bond motifs is 8. The molecule has 0 N–H and O–H groups in total. The maximum absolute atomic E-state index is 2.73. The molecule has 2 atom stereocenters. The van der Waals surface area contributed by atoms with Crippen LogP contribution in [-0.4, -0.2) is 14.6 Å². The summed E-state index contributed by atoms with van der Waals surface area (Å²) in [7, 11) is 0. The maximum Gasteiger partial charge on any atom is -0.147 e. The zero-order valence-corrected chi connectivity index (χ0v) is 36.8. The van der Waals surface area contributed by atoms with E-state index in [0.717, 1.165) is 11.8 Å². The minimum Gasteiger partial charge on any atom is -0.147 e. The van der Waals surface area contributed by atoms with Gasteiger partial charge in [0, 0.05) is 0 Å². The molecule has 0 radical (unpaired) electrons. The molecule has 6 heteroatoms. The Morgan fingerprint density at radius 2 is 0.786 bits per heavy atom. The molecule has 4 aliphatic carbocycles. The minimum atomic E-state index is -2.34. The molecule has 2 fully saturated rings. The summed E-state index contributed by atoms with van der Waals surface area (Å²) >= 11 is -2.34. The Hall–Kier alpha value is -3.92. The Morgan fingerprint density at radius 3 is 1.11 bits per heavy atom. The number of hydrogen-bond donors (Lipinski definition) is 0. The first-order valence-corrected chi connectivity index (χ1v) is 29.0. The van der Waals surface area contributed by atoms with E-state index in [1.165, 1.54) is 91.8 Å². The Labute approximate surface area is 349 Å². The van der Waals surface area contributed by atoms with Crippen molar-refractivity contribution in [2.24, 2.45) is 11.8 Å². The average Bonchev–Trinajstić information content (AvgIpc) is 4.11. The summed E-state index contributed by atoms with van der Waals surface area (Å²) in [6, 6.07) is 50.8. The van der Waals surface area contributed by atoms with Crippen LogP contribution in [0.2, 0.25) is 13.1 Å². The van der Waals surface area contributed by atoms with Gasteiger partial charge in [-0.2, -0.15) is 0 Å². The number of para-hydroxylation sites is 4. The molecule has 0 spiro atoms. The van der Waals surface area contributed by atoms with Gasteiger partial charge in [-0.05, 0) is 0 Å². The van der Waals surface area contributed by atoms with Crippen LogP contribution in [0.4, 0.5) is 0 Å². The van der Waals surface area contributed by atoms with Crippen molar-refractivity contribution in [2.45, 2.75) is 46.0 Å². The topological polar surface area (TPSA) is 9.86 Å². The van der Waals surface area contributed by atoms with Crippen molar-refractivity contribution in [3.63, 3.8) is 0 Å². The average molecular weight is 863 g/mol. The summed E-state index contributed by atoms with van der Waals surface area (Å²) in [6.07, 6.45) is 10.9. The summed E-state index contributed by atoms with van der Waals surface area (Å²) in [5, 5.41) is 5.37. The summed E-state index contributed by atoms with van der Waals surface area (Å²) in [4.78, 5) is 0. The summed E-state index contributed by atoms with van der Waals surface area (Å²) in [6.45, 7) is 5.41. The molecule has 0 saturated heterocycles. The SMILES string of the molecule is C[Si](C)=[Zr]([CH]1C(C2CC2)=Cc2c1cccc2-n1c2ccccc2c2ccccc21)[CH]1C(C2CC2)=Cc2c1cccc2-n1c2ccccc2c2ccccc21.Cl.Cl. The number of aromatic nitrogens is 2. The van der Waals surface area contributed by atoms with Crippen molar-refractivity contribution in [3.8, 4) is 11.4 Å². The smallest absolute Gasteiger partial charge is 0.147 e. The Balaban J connectivity index is 0.00000192. The number of benzene rings is 6. The predicted molar refractivity (Wildman–Crippen MR) is 240 cm³/mol. The second-order valence-corrected chi connectivity index (χ2v) is 34.3. The van der Waals surface area contributed by atoms with Crippen LogP contribution in [0.1, 0.15) is 55.2 Å². The van der Waals surface area contributed by atoms with E-state index in [4.69, 9.17) is 0 Å². The van der Waals surface area contributed by atoms with Crippen LogP contribution in [0.5, 0.6) is 0 Å². The minimum absolute atomic E-state index is 0. The van der Waals surface area contributed by atoms with Crippen molar-refractivity contribution in [2.75, 3.05) is 0 Å². The van der Waals surface area contributed by atoms with Crippen molar-refractivity contribution < 1.29 is 20.4 Å². The molecule has 0 amide bonds. The number of nitrogens with zero attached hydrogens (tertiary/aromatic N) is 2. The maximum atomic E-state index is 2.73. The van der Waals surface area contributed by atoms with Gasteiger partial charge in [-0.25, -0.2) is 0 Å². The van der Waals surface area contributed by atoms with E-state index in [2.05, 4.69) is 168 Å². The molecule has 6 aromatic carbocycles. The Kier molecular flexibility index (Phi) is 9.03. The molecule has 2 heterocycles. The largest absolute Gasteiger partial charge is 0.147 e. The van der Waals surface area contributed by atoms with E-state index < -0.39 is 25.8 Å². The molecule has 0 bridgehead atoms. The molecule has 2 unspecified atom stereocenters. The van der Waals surface area contributed by atoms with E-state index in [9.17, 15) is 0 Å². The van der Waals surface area contributed by atoms with Gasteiger partial charge in [-0.15, -0.1) is 24.8 Å². The van der Waals surface area contributed by atoms with Gasteiger partial charge in [0.25, 0.3) is 0 Å². The van der Waals surface area contributed by atoms with Gasteiger partial charge in [-0.3, -0.25) is 0 Å². The van der Waals surface area contributed by atoms with Crippen LogP contribution in [0.25, 0.3) is 67.1 Å². The van der Waals surface area contributed by atoms with Crippen LogP contribution < -0.4 is 0 Å². The molecule has 2 nitrogen and oxygen atoms in total. The van der Waals surface area contributed by atoms with Gasteiger partial charge in [0.2, 0.25) is 0 Å². The van der Waals surface area contributed by atoms with Crippen molar-refractivity contribution >= 4 is 86.0 Å². The van der Waals surface area contributed by atoms with E-state index in [1.54, 1.807) is 22.3 Å². The van der Waals surface area contributed by atoms with Crippen LogP contribution in [0, 0.1) is 11.8 Å². The molecule has 276 valence electrons. The predicted octanol–water partition coefficient (Wildman–Crippen LogP) is 14.0. The van der Waals surface area contributed by atoms with E-state index in [-0.39, 0.29) is 24.8 Å². The monoisotopic (exact) mass is 860 g/mol. The summed E-state index contributed by atoms with van der Waals surface area (Å²) in [5.74, 6) is 1.51. The van der Waals surface area contributed by atoms with E-state index >= 15 is 0 Å². The standard InChI is InChI=1S/2C24H18N.C2H6Si.2ClH.Zr/c2*1-3-9-22-19(7-1)20-8-2-4-10-23(20)25(22)24-11-5-6-17-14-18(15-21(17)24)16-12-13-16;1-3-2;;;/h2*1-11,14-16H,12-13H2;1-2H3;2*1H;. The number of hydrogen-bond acceptors (Lipinski definition) is 0. The fourth-order valence-corrected chi connectivity index (χ4v) is 31.1. The first kappa shape index (κ1) is 36.4. The van der Waals surface area contributed by atoms with Gasteiger partial charge in [0.05, 0.1) is 0 Å². The molecule has 2 aromatic heterocycles. The third-order valence-electron chi connectivity index (χ3n) is 13.1. The van der Waals surface area contributed by atoms with Crippen LogP contribution in [0.3, 0.4) is 0 Å². The molecular formula is C50H44Cl2N2SiZr. The fraction of sp³-hybridized carbons (Fsp3) is 0.200. The second-order valence-electron chi connectivity index (χ2n) is 16.5. The first-order chi connectivity index (χ1) is 26.7. The van der Waals surface area contributed by atoms with E-state index in [1.807, 2.05) is 0 Å². The number of allylic oxidation sites excluding steroid dienone is 2. The van der Waals surface area contributed by atoms with Crippen LogP contribution >= 0.6 is 24.8 Å². The summed E-state index contributed by atoms with van der Waals surface area (Å²) < 4.78 is 6.44. The molecule has 4 aliphatic rings. The van der Waals surface area contributed by atoms with Crippen molar-refractivity contribution in [3.05, 3.63) is 167 Å². The molecule has 0 aliphatic heterocycles. The molecule has 8 aromatic rings. The second kappa shape index (κ2) is 13.9. The van der Waals surface area contributed by atoms with Crippen molar-refractivity contribution in [1.29, 1.82) is 0 Å². The third kappa shape index (κ3) is 5.36. The molecule has 56 heavy (non-hydrogen) atoms. The molecule has 2 saturated carbocycles. The fourth-order valence-electron chi connectivity index (χ4n) is 10.6.